The van der Waals surface area contributed by atoms with E-state index in [0.717, 1.165) is 63.7 Å². The zero-order valence-corrected chi connectivity index (χ0v) is 23.8. The molecule has 2 aliphatic rings. The molecular weight excluding hydrogens is 548 g/mol. The van der Waals surface area contributed by atoms with Gasteiger partial charge in [-0.25, -0.2) is 14.6 Å². The number of hydrogen-bond acceptors (Lipinski definition) is 7. The van der Waals surface area contributed by atoms with E-state index in [0.29, 0.717) is 29.6 Å². The van der Waals surface area contributed by atoms with Crippen molar-refractivity contribution >= 4 is 34.0 Å². The zero-order chi connectivity index (χ0) is 28.4. The molecule has 1 saturated heterocycles. The summed E-state index contributed by atoms with van der Waals surface area (Å²) in [7, 11) is 0. The summed E-state index contributed by atoms with van der Waals surface area (Å²) in [4.78, 5) is 26.2. The van der Waals surface area contributed by atoms with Crippen LogP contribution in [0.5, 0.6) is 0 Å². The van der Waals surface area contributed by atoms with E-state index in [9.17, 15) is 13.6 Å². The lowest BCUT2D eigenvalue weighted by molar-refractivity contribution is -0.120. The quantitative estimate of drug-likeness (QED) is 0.232. The Morgan fingerprint density at radius 1 is 1.12 bits per heavy atom. The molecule has 0 N–H and O–H groups in total. The van der Waals surface area contributed by atoms with Gasteiger partial charge in [0.05, 0.1) is 51.6 Å². The Balaban J connectivity index is 1.39. The third-order valence-corrected chi connectivity index (χ3v) is 9.27. The third-order valence-electron chi connectivity index (χ3n) is 8.24. The molecule has 4 aromatic heterocycles. The van der Waals surface area contributed by atoms with Crippen LogP contribution in [0.1, 0.15) is 77.2 Å². The Labute approximate surface area is 238 Å². The van der Waals surface area contributed by atoms with Crippen molar-refractivity contribution in [3.8, 4) is 11.1 Å². The molecule has 5 aromatic rings. The van der Waals surface area contributed by atoms with Gasteiger partial charge in [-0.3, -0.25) is 9.69 Å². The minimum Gasteiger partial charge on any atom is -0.361 e. The van der Waals surface area contributed by atoms with Crippen LogP contribution in [0.15, 0.2) is 35.1 Å². The van der Waals surface area contributed by atoms with E-state index in [4.69, 9.17) is 14.5 Å². The first kappa shape index (κ1) is 26.0. The van der Waals surface area contributed by atoms with E-state index in [1.807, 2.05) is 20.8 Å². The van der Waals surface area contributed by atoms with Gasteiger partial charge in [-0.2, -0.15) is 13.9 Å². The lowest BCUT2D eigenvalue weighted by Crippen LogP contribution is -2.40. The van der Waals surface area contributed by atoms with Gasteiger partial charge in [-0.05, 0) is 64.2 Å². The van der Waals surface area contributed by atoms with Gasteiger partial charge in [0.2, 0.25) is 5.91 Å². The van der Waals surface area contributed by atoms with Crippen LogP contribution in [0.3, 0.4) is 0 Å². The number of amides is 1. The highest BCUT2D eigenvalue weighted by Gasteiger charge is 2.37. The molecule has 1 amide bonds. The number of rotatable bonds is 5. The van der Waals surface area contributed by atoms with Crippen molar-refractivity contribution < 1.29 is 18.1 Å². The van der Waals surface area contributed by atoms with Crippen molar-refractivity contribution in [1.29, 1.82) is 0 Å². The summed E-state index contributed by atoms with van der Waals surface area (Å²) in [6.45, 7) is 3.07. The second-order valence-corrected chi connectivity index (χ2v) is 12.2. The van der Waals surface area contributed by atoms with E-state index >= 15 is 0 Å². The number of aromatic nitrogens is 6. The van der Waals surface area contributed by atoms with Crippen LogP contribution in [-0.2, 0) is 17.6 Å². The highest BCUT2D eigenvalue weighted by atomic mass is 32.1. The molecule has 212 valence electrons. The molecule has 7 rings (SSSR count). The van der Waals surface area contributed by atoms with Crippen molar-refractivity contribution in [3.05, 3.63) is 63.5 Å². The van der Waals surface area contributed by atoms with Crippen molar-refractivity contribution in [2.75, 3.05) is 4.90 Å². The van der Waals surface area contributed by atoms with Gasteiger partial charge in [0, 0.05) is 29.3 Å². The summed E-state index contributed by atoms with van der Waals surface area (Å²) in [6.07, 6.45) is 6.89. The van der Waals surface area contributed by atoms with E-state index in [-0.39, 0.29) is 11.9 Å². The molecule has 1 fully saturated rings. The van der Waals surface area contributed by atoms with E-state index in [1.165, 1.54) is 23.0 Å². The summed E-state index contributed by atoms with van der Waals surface area (Å²) in [6, 6.07) is 5.92. The van der Waals surface area contributed by atoms with E-state index in [1.54, 1.807) is 16.2 Å². The molecule has 0 saturated carbocycles. The molecule has 0 spiro atoms. The Morgan fingerprint density at radius 2 is 1.98 bits per heavy atom. The molecule has 41 heavy (non-hydrogen) atoms. The standard InChI is InChI=1S/C29H29F2N7O2S/c1-15-27(16(2)40-35-15)18-7-10-23-22(11-18)34-28(38(23)19-8-9-21-25(12-19)41-17(3)33-21)24-5-4-6-26(39)37(24)20-13-32-36(14-20)29(30)31/h7,10-11,13-14,19,24,29H,4-6,8-9,12H2,1-3H3. The van der Waals surface area contributed by atoms with Gasteiger partial charge >= 0.3 is 6.55 Å². The maximum Gasteiger partial charge on any atom is 0.333 e. The van der Waals surface area contributed by atoms with Crippen molar-refractivity contribution in [2.45, 2.75) is 77.9 Å². The topological polar surface area (TPSA) is 94.9 Å². The first-order valence-electron chi connectivity index (χ1n) is 13.8. The van der Waals surface area contributed by atoms with Gasteiger partial charge in [0.15, 0.2) is 0 Å². The number of nitrogens with zero attached hydrogens (tertiary/aromatic N) is 7. The van der Waals surface area contributed by atoms with Crippen LogP contribution in [0, 0.1) is 20.8 Å². The number of hydrogen-bond donors (Lipinski definition) is 0. The molecule has 0 radical (unpaired) electrons. The highest BCUT2D eigenvalue weighted by Crippen LogP contribution is 2.42. The zero-order valence-electron chi connectivity index (χ0n) is 23.0. The molecule has 12 heteroatoms. The molecular formula is C29H29F2N7O2S. The Bertz CT molecular complexity index is 1770. The number of benzene rings is 1. The minimum atomic E-state index is -2.78. The lowest BCUT2D eigenvalue weighted by Gasteiger charge is -2.36. The average molecular weight is 578 g/mol. The van der Waals surface area contributed by atoms with Gasteiger partial charge in [-0.15, -0.1) is 11.3 Å². The number of carbonyl (C=O) groups is 1. The average Bonchev–Trinajstić information content (AvgIpc) is 3.72. The fourth-order valence-corrected chi connectivity index (χ4v) is 7.55. The fraction of sp³-hybridized carbons (Fsp3) is 0.414. The van der Waals surface area contributed by atoms with E-state index < -0.39 is 12.6 Å². The molecule has 0 bridgehead atoms. The van der Waals surface area contributed by atoms with Crippen LogP contribution < -0.4 is 4.90 Å². The van der Waals surface area contributed by atoms with Gasteiger partial charge < -0.3 is 9.09 Å². The van der Waals surface area contributed by atoms with Gasteiger partial charge in [-0.1, -0.05) is 11.2 Å². The Morgan fingerprint density at radius 3 is 2.73 bits per heavy atom. The second kappa shape index (κ2) is 9.86. The van der Waals surface area contributed by atoms with Gasteiger partial charge in [0.1, 0.15) is 11.6 Å². The summed E-state index contributed by atoms with van der Waals surface area (Å²) in [5, 5.41) is 9.00. The van der Waals surface area contributed by atoms with E-state index in [2.05, 4.69) is 33.0 Å². The largest absolute Gasteiger partial charge is 0.361 e. The summed E-state index contributed by atoms with van der Waals surface area (Å²) in [5.74, 6) is 1.39. The lowest BCUT2D eigenvalue weighted by atomic mass is 9.95. The first-order chi connectivity index (χ1) is 19.8. The predicted octanol–water partition coefficient (Wildman–Crippen LogP) is 6.65. The Hall–Kier alpha value is -3.93. The van der Waals surface area contributed by atoms with Crippen molar-refractivity contribution in [3.63, 3.8) is 0 Å². The predicted molar refractivity (Wildman–Crippen MR) is 150 cm³/mol. The number of fused-ring (bicyclic) bond motifs is 2. The van der Waals surface area contributed by atoms with Crippen LogP contribution >= 0.6 is 11.3 Å². The summed E-state index contributed by atoms with van der Waals surface area (Å²) < 4.78 is 35.1. The second-order valence-electron chi connectivity index (χ2n) is 10.9. The molecule has 5 heterocycles. The monoisotopic (exact) mass is 577 g/mol. The Kier molecular flexibility index (Phi) is 6.25. The number of imidazole rings is 1. The number of anilines is 1. The van der Waals surface area contributed by atoms with Crippen molar-refractivity contribution in [2.24, 2.45) is 0 Å². The van der Waals surface area contributed by atoms with Crippen LogP contribution in [0.25, 0.3) is 22.2 Å². The fourth-order valence-electron chi connectivity index (χ4n) is 6.49. The molecule has 1 aromatic carbocycles. The maximum absolute atomic E-state index is 13.4. The first-order valence-corrected chi connectivity index (χ1v) is 14.6. The smallest absolute Gasteiger partial charge is 0.333 e. The van der Waals surface area contributed by atoms with Crippen molar-refractivity contribution in [1.82, 2.24) is 29.5 Å². The number of piperidine rings is 1. The minimum absolute atomic E-state index is 0.117. The van der Waals surface area contributed by atoms with Crippen LogP contribution in [0.4, 0.5) is 14.5 Å². The van der Waals surface area contributed by atoms with Crippen LogP contribution in [-0.4, -0.2) is 35.4 Å². The third kappa shape index (κ3) is 4.35. The number of thiazole rings is 1. The number of carbonyl (C=O) groups excluding carboxylic acids is 1. The molecule has 1 aliphatic carbocycles. The number of alkyl halides is 2. The SMILES string of the molecule is Cc1nc2c(s1)CC(n1c(C3CCCC(=O)N3c3cnn(C(F)F)c3)nc3cc(-c4c(C)noc4C)ccc31)CC2. The number of aryl methyl sites for hydroxylation is 4. The normalized spacial score (nSPS) is 19.5. The number of halogens is 2. The molecule has 2 atom stereocenters. The maximum atomic E-state index is 13.4. The highest BCUT2D eigenvalue weighted by molar-refractivity contribution is 7.11. The van der Waals surface area contributed by atoms with Gasteiger partial charge in [0.25, 0.3) is 0 Å². The molecule has 9 nitrogen and oxygen atoms in total. The molecule has 1 aliphatic heterocycles. The summed E-state index contributed by atoms with van der Waals surface area (Å²) in [5.41, 5.74) is 6.03. The summed E-state index contributed by atoms with van der Waals surface area (Å²) >= 11 is 1.74. The van der Waals surface area contributed by atoms with Crippen LogP contribution in [0.2, 0.25) is 0 Å². The molecule has 2 unspecified atom stereocenters.